The van der Waals surface area contributed by atoms with E-state index in [1.807, 2.05) is 6.20 Å². The van der Waals surface area contributed by atoms with Gasteiger partial charge in [0.1, 0.15) is 5.82 Å². The predicted octanol–water partition coefficient (Wildman–Crippen LogP) is 4.41. The number of H-pyrrole nitrogens is 1. The molecule has 1 saturated carbocycles. The smallest absolute Gasteiger partial charge is 0.125 e. The van der Waals surface area contributed by atoms with E-state index in [0.29, 0.717) is 0 Å². The third-order valence-electron chi connectivity index (χ3n) is 3.53. The molecule has 1 N–H and O–H groups in total. The maximum absolute atomic E-state index is 13.3. The van der Waals surface area contributed by atoms with Crippen LogP contribution in [0.1, 0.15) is 24.8 Å². The average Bonchev–Trinajstić information content (AvgIpc) is 2.55. The second-order valence-electron chi connectivity index (χ2n) is 4.63. The normalized spacial score (nSPS) is 16.6. The fourth-order valence-corrected chi connectivity index (χ4v) is 2.93. The molecule has 1 aromatic heterocycles. The minimum absolute atomic E-state index is 0.172. The standard InChI is InChI=1S/C13H13BrFN/c14-12-6-10(15)5-11-9(7-16-13(11)12)4-8-2-1-3-8/h5-8,16H,1-4H2. The van der Waals surface area contributed by atoms with Crippen LogP contribution >= 0.6 is 15.9 Å². The van der Waals surface area contributed by atoms with Gasteiger partial charge in [0.2, 0.25) is 0 Å². The summed E-state index contributed by atoms with van der Waals surface area (Å²) in [5.41, 5.74) is 2.26. The zero-order chi connectivity index (χ0) is 11.1. The Balaban J connectivity index is 2.04. The van der Waals surface area contributed by atoms with Crippen molar-refractivity contribution in [3.63, 3.8) is 0 Å². The maximum atomic E-state index is 13.3. The van der Waals surface area contributed by atoms with Crippen LogP contribution in [-0.4, -0.2) is 4.98 Å². The topological polar surface area (TPSA) is 15.8 Å². The molecule has 1 nitrogen and oxygen atoms in total. The van der Waals surface area contributed by atoms with Gasteiger partial charge in [-0.1, -0.05) is 19.3 Å². The summed E-state index contributed by atoms with van der Waals surface area (Å²) in [6, 6.07) is 3.14. The first kappa shape index (κ1) is 10.3. The highest BCUT2D eigenvalue weighted by molar-refractivity contribution is 9.10. The lowest BCUT2D eigenvalue weighted by atomic mass is 9.81. The van der Waals surface area contributed by atoms with E-state index in [9.17, 15) is 4.39 Å². The van der Waals surface area contributed by atoms with Crippen LogP contribution < -0.4 is 0 Å². The Labute approximate surface area is 102 Å². The van der Waals surface area contributed by atoms with Gasteiger partial charge >= 0.3 is 0 Å². The molecule has 0 aliphatic heterocycles. The Morgan fingerprint density at radius 3 is 2.88 bits per heavy atom. The van der Waals surface area contributed by atoms with Gasteiger partial charge in [0.15, 0.2) is 0 Å². The second kappa shape index (κ2) is 3.88. The fourth-order valence-electron chi connectivity index (χ4n) is 2.39. The van der Waals surface area contributed by atoms with Crippen molar-refractivity contribution >= 4 is 26.8 Å². The highest BCUT2D eigenvalue weighted by Gasteiger charge is 2.19. The summed E-state index contributed by atoms with van der Waals surface area (Å²) in [4.78, 5) is 3.22. The summed E-state index contributed by atoms with van der Waals surface area (Å²) < 4.78 is 14.2. The average molecular weight is 282 g/mol. The molecule has 1 aromatic carbocycles. The Hall–Kier alpha value is -0.830. The maximum Gasteiger partial charge on any atom is 0.125 e. The van der Waals surface area contributed by atoms with Gasteiger partial charge in [0.25, 0.3) is 0 Å². The van der Waals surface area contributed by atoms with Crippen LogP contribution in [0, 0.1) is 11.7 Å². The van der Waals surface area contributed by atoms with Gasteiger partial charge in [0, 0.05) is 16.1 Å². The van der Waals surface area contributed by atoms with Crippen LogP contribution in [0.2, 0.25) is 0 Å². The molecule has 0 saturated heterocycles. The monoisotopic (exact) mass is 281 g/mol. The van der Waals surface area contributed by atoms with E-state index in [0.717, 1.165) is 27.7 Å². The Bertz CT molecular complexity index is 528. The molecule has 0 unspecified atom stereocenters. The quantitative estimate of drug-likeness (QED) is 0.839. The third-order valence-corrected chi connectivity index (χ3v) is 4.15. The number of aromatic nitrogens is 1. The number of benzene rings is 1. The first-order chi connectivity index (χ1) is 7.74. The molecule has 1 fully saturated rings. The van der Waals surface area contributed by atoms with Crippen molar-refractivity contribution in [3.05, 3.63) is 34.2 Å². The molecule has 0 bridgehead atoms. The number of halogens is 2. The van der Waals surface area contributed by atoms with E-state index in [2.05, 4.69) is 20.9 Å². The number of aromatic amines is 1. The lowest BCUT2D eigenvalue weighted by Crippen LogP contribution is -2.13. The number of hydrogen-bond acceptors (Lipinski definition) is 0. The molecule has 0 atom stereocenters. The minimum atomic E-state index is -0.172. The second-order valence-corrected chi connectivity index (χ2v) is 5.48. The van der Waals surface area contributed by atoms with Crippen LogP contribution in [0.25, 0.3) is 10.9 Å². The molecular weight excluding hydrogens is 269 g/mol. The van der Waals surface area contributed by atoms with Crippen LogP contribution in [-0.2, 0) is 6.42 Å². The molecule has 3 heteroatoms. The first-order valence-corrected chi connectivity index (χ1v) is 6.48. The molecule has 3 rings (SSSR count). The van der Waals surface area contributed by atoms with Gasteiger partial charge < -0.3 is 4.98 Å². The summed E-state index contributed by atoms with van der Waals surface area (Å²) in [6.45, 7) is 0. The summed E-state index contributed by atoms with van der Waals surface area (Å²) in [6.07, 6.45) is 7.10. The molecule has 1 aliphatic carbocycles. The first-order valence-electron chi connectivity index (χ1n) is 5.69. The van der Waals surface area contributed by atoms with Gasteiger partial charge in [-0.2, -0.15) is 0 Å². The SMILES string of the molecule is Fc1cc(Br)c2[nH]cc(CC3CCC3)c2c1. The Kier molecular flexibility index (Phi) is 2.51. The van der Waals surface area contributed by atoms with E-state index >= 15 is 0 Å². The third kappa shape index (κ3) is 1.67. The Morgan fingerprint density at radius 1 is 1.38 bits per heavy atom. The molecule has 1 heterocycles. The lowest BCUT2D eigenvalue weighted by Gasteiger charge is -2.24. The number of rotatable bonds is 2. The lowest BCUT2D eigenvalue weighted by molar-refractivity contribution is 0.315. The largest absolute Gasteiger partial charge is 0.360 e. The van der Waals surface area contributed by atoms with Crippen LogP contribution in [0.4, 0.5) is 4.39 Å². The minimum Gasteiger partial charge on any atom is -0.360 e. The summed E-state index contributed by atoms with van der Waals surface area (Å²) in [5, 5.41) is 1.03. The van der Waals surface area contributed by atoms with Crippen LogP contribution in [0.3, 0.4) is 0 Å². The molecular formula is C13H13BrFN. The van der Waals surface area contributed by atoms with E-state index in [4.69, 9.17) is 0 Å². The van der Waals surface area contributed by atoms with Gasteiger partial charge in [-0.3, -0.25) is 0 Å². The molecule has 0 radical (unpaired) electrons. The van der Waals surface area contributed by atoms with E-state index in [1.165, 1.54) is 30.9 Å². The van der Waals surface area contributed by atoms with Crippen LogP contribution in [0.15, 0.2) is 22.8 Å². The van der Waals surface area contributed by atoms with Crippen molar-refractivity contribution in [1.82, 2.24) is 4.98 Å². The zero-order valence-electron chi connectivity index (χ0n) is 8.89. The van der Waals surface area contributed by atoms with E-state index in [1.54, 1.807) is 6.07 Å². The molecule has 84 valence electrons. The highest BCUT2D eigenvalue weighted by Crippen LogP contribution is 2.34. The molecule has 16 heavy (non-hydrogen) atoms. The van der Waals surface area contributed by atoms with Crippen molar-refractivity contribution < 1.29 is 4.39 Å². The Morgan fingerprint density at radius 2 is 2.19 bits per heavy atom. The predicted molar refractivity (Wildman–Crippen MR) is 67.0 cm³/mol. The van der Waals surface area contributed by atoms with Crippen molar-refractivity contribution in [3.8, 4) is 0 Å². The van der Waals surface area contributed by atoms with E-state index in [-0.39, 0.29) is 5.82 Å². The summed E-state index contributed by atoms with van der Waals surface area (Å²) in [5.74, 6) is 0.634. The number of nitrogens with one attached hydrogen (secondary N) is 1. The molecule has 0 spiro atoms. The van der Waals surface area contributed by atoms with Crippen molar-refractivity contribution in [2.24, 2.45) is 5.92 Å². The van der Waals surface area contributed by atoms with Gasteiger partial charge in [-0.05, 0) is 46.0 Å². The van der Waals surface area contributed by atoms with Gasteiger partial charge in [-0.15, -0.1) is 0 Å². The fraction of sp³-hybridized carbons (Fsp3) is 0.385. The van der Waals surface area contributed by atoms with Crippen molar-refractivity contribution in [2.75, 3.05) is 0 Å². The summed E-state index contributed by atoms with van der Waals surface area (Å²) in [7, 11) is 0. The van der Waals surface area contributed by atoms with Gasteiger partial charge in [-0.25, -0.2) is 4.39 Å². The van der Waals surface area contributed by atoms with Crippen molar-refractivity contribution in [2.45, 2.75) is 25.7 Å². The van der Waals surface area contributed by atoms with Crippen LogP contribution in [0.5, 0.6) is 0 Å². The number of hydrogen-bond donors (Lipinski definition) is 1. The molecule has 2 aromatic rings. The zero-order valence-corrected chi connectivity index (χ0v) is 10.5. The van der Waals surface area contributed by atoms with Gasteiger partial charge in [0.05, 0.1) is 5.52 Å². The summed E-state index contributed by atoms with van der Waals surface area (Å²) >= 11 is 3.39. The number of fused-ring (bicyclic) bond motifs is 1. The molecule has 0 amide bonds. The van der Waals surface area contributed by atoms with Crippen molar-refractivity contribution in [1.29, 1.82) is 0 Å². The molecule has 1 aliphatic rings. The highest BCUT2D eigenvalue weighted by atomic mass is 79.9. The van der Waals surface area contributed by atoms with E-state index < -0.39 is 0 Å².